The van der Waals surface area contributed by atoms with Gasteiger partial charge in [0.1, 0.15) is 12.2 Å². The standard InChI is InChI=1S/C20H28F3N3O2/c1-3-25(4-2)19(27)12-20(28)26-7-5-13(6-8-26)18(24)10-14-9-16(22)17(23)11-15(14)21/h9,11,13,18H,3-8,10,12,24H2,1-2H3/t18-/m1/s1. The van der Waals surface area contributed by atoms with Gasteiger partial charge >= 0.3 is 0 Å². The van der Waals surface area contributed by atoms with Crippen molar-refractivity contribution >= 4 is 11.8 Å². The molecule has 5 nitrogen and oxygen atoms in total. The molecule has 0 unspecified atom stereocenters. The van der Waals surface area contributed by atoms with Gasteiger partial charge in [0, 0.05) is 38.3 Å². The summed E-state index contributed by atoms with van der Waals surface area (Å²) in [6.45, 7) is 5.83. The molecule has 1 aliphatic heterocycles. The molecule has 0 radical (unpaired) electrons. The van der Waals surface area contributed by atoms with E-state index in [1.54, 1.807) is 9.80 Å². The lowest BCUT2D eigenvalue weighted by Crippen LogP contribution is -2.45. The molecule has 0 aliphatic carbocycles. The van der Waals surface area contributed by atoms with Gasteiger partial charge in [-0.1, -0.05) is 0 Å². The highest BCUT2D eigenvalue weighted by Crippen LogP contribution is 2.24. The topological polar surface area (TPSA) is 66.6 Å². The van der Waals surface area contributed by atoms with Crippen molar-refractivity contribution in [2.75, 3.05) is 26.2 Å². The summed E-state index contributed by atoms with van der Waals surface area (Å²) in [6, 6.07) is 0.960. The first-order valence-electron chi connectivity index (χ1n) is 9.71. The van der Waals surface area contributed by atoms with Crippen LogP contribution in [0.25, 0.3) is 0 Å². The first kappa shape index (κ1) is 22.2. The molecule has 2 rings (SSSR count). The van der Waals surface area contributed by atoms with Crippen molar-refractivity contribution in [2.24, 2.45) is 11.7 Å². The molecule has 1 fully saturated rings. The number of amides is 2. The highest BCUT2D eigenvalue weighted by atomic mass is 19.2. The number of hydrogen-bond acceptors (Lipinski definition) is 3. The number of nitrogens with zero attached hydrogens (tertiary/aromatic N) is 2. The van der Waals surface area contributed by atoms with E-state index in [9.17, 15) is 22.8 Å². The number of carbonyl (C=O) groups is 2. The van der Waals surface area contributed by atoms with Crippen LogP contribution in [-0.4, -0.2) is 53.8 Å². The normalized spacial score (nSPS) is 16.1. The van der Waals surface area contributed by atoms with Crippen molar-refractivity contribution in [3.8, 4) is 0 Å². The third kappa shape index (κ3) is 5.47. The van der Waals surface area contributed by atoms with Crippen LogP contribution in [0.1, 0.15) is 38.7 Å². The zero-order valence-corrected chi connectivity index (χ0v) is 16.4. The monoisotopic (exact) mass is 399 g/mol. The smallest absolute Gasteiger partial charge is 0.232 e. The van der Waals surface area contributed by atoms with Gasteiger partial charge in [0.25, 0.3) is 0 Å². The summed E-state index contributed by atoms with van der Waals surface area (Å²) in [5, 5.41) is 0. The number of nitrogens with two attached hydrogens (primary N) is 1. The van der Waals surface area contributed by atoms with Gasteiger partial charge in [0.05, 0.1) is 0 Å². The lowest BCUT2D eigenvalue weighted by molar-refractivity contribution is -0.141. The van der Waals surface area contributed by atoms with Gasteiger partial charge in [-0.3, -0.25) is 9.59 Å². The van der Waals surface area contributed by atoms with Crippen molar-refractivity contribution in [3.05, 3.63) is 35.1 Å². The molecule has 1 atom stereocenters. The SMILES string of the molecule is CCN(CC)C(=O)CC(=O)N1CCC([C@H](N)Cc2cc(F)c(F)cc2F)CC1. The second-order valence-corrected chi connectivity index (χ2v) is 7.19. The molecule has 1 saturated heterocycles. The molecule has 1 aromatic rings. The van der Waals surface area contributed by atoms with Gasteiger partial charge in [0.15, 0.2) is 11.6 Å². The van der Waals surface area contributed by atoms with Crippen molar-refractivity contribution in [3.63, 3.8) is 0 Å². The minimum Gasteiger partial charge on any atom is -0.343 e. The lowest BCUT2D eigenvalue weighted by Gasteiger charge is -2.35. The van der Waals surface area contributed by atoms with Gasteiger partial charge in [-0.25, -0.2) is 13.2 Å². The van der Waals surface area contributed by atoms with E-state index in [1.165, 1.54) is 0 Å². The summed E-state index contributed by atoms with van der Waals surface area (Å²) in [6.07, 6.45) is 1.20. The second kappa shape index (κ2) is 9.91. The van der Waals surface area contributed by atoms with Crippen LogP contribution < -0.4 is 5.73 Å². The molecule has 8 heteroatoms. The molecule has 0 saturated carbocycles. The van der Waals surface area contributed by atoms with Crippen LogP contribution in [0.2, 0.25) is 0 Å². The minimum atomic E-state index is -1.22. The predicted molar refractivity (Wildman–Crippen MR) is 99.8 cm³/mol. The molecule has 0 spiro atoms. The third-order valence-electron chi connectivity index (χ3n) is 5.46. The van der Waals surface area contributed by atoms with Crippen LogP contribution in [-0.2, 0) is 16.0 Å². The van der Waals surface area contributed by atoms with Gasteiger partial charge in [0.2, 0.25) is 11.8 Å². The lowest BCUT2D eigenvalue weighted by atomic mass is 9.86. The fourth-order valence-corrected chi connectivity index (χ4v) is 3.65. The van der Waals surface area contributed by atoms with E-state index in [0.29, 0.717) is 45.1 Å². The summed E-state index contributed by atoms with van der Waals surface area (Å²) in [5.74, 6) is -3.46. The number of carbonyl (C=O) groups excluding carboxylic acids is 2. The Morgan fingerprint density at radius 3 is 2.25 bits per heavy atom. The van der Waals surface area contributed by atoms with Crippen molar-refractivity contribution in [2.45, 2.75) is 45.6 Å². The Hall–Kier alpha value is -2.09. The van der Waals surface area contributed by atoms with Gasteiger partial charge in [-0.2, -0.15) is 0 Å². The molecule has 156 valence electrons. The fraction of sp³-hybridized carbons (Fsp3) is 0.600. The zero-order chi connectivity index (χ0) is 20.8. The largest absolute Gasteiger partial charge is 0.343 e. The molecule has 2 N–H and O–H groups in total. The number of likely N-dealkylation sites (tertiary alicyclic amines) is 1. The van der Waals surface area contributed by atoms with E-state index in [2.05, 4.69) is 0 Å². The Kier molecular flexibility index (Phi) is 7.86. The molecule has 0 bridgehead atoms. The molecule has 0 aromatic heterocycles. The van der Waals surface area contributed by atoms with Crippen LogP contribution >= 0.6 is 0 Å². The second-order valence-electron chi connectivity index (χ2n) is 7.19. The first-order valence-corrected chi connectivity index (χ1v) is 9.71. The van der Waals surface area contributed by atoms with Crippen molar-refractivity contribution in [1.82, 2.24) is 9.80 Å². The van der Waals surface area contributed by atoms with Gasteiger partial charge in [-0.15, -0.1) is 0 Å². The third-order valence-corrected chi connectivity index (χ3v) is 5.46. The summed E-state index contributed by atoms with van der Waals surface area (Å²) < 4.78 is 40.2. The maximum atomic E-state index is 13.8. The number of hydrogen-bond donors (Lipinski definition) is 1. The number of piperidine rings is 1. The highest BCUT2D eigenvalue weighted by Gasteiger charge is 2.28. The summed E-state index contributed by atoms with van der Waals surface area (Å²) >= 11 is 0. The summed E-state index contributed by atoms with van der Waals surface area (Å²) in [7, 11) is 0. The van der Waals surface area contributed by atoms with Crippen LogP contribution in [0, 0.1) is 23.4 Å². The Balaban J connectivity index is 1.87. The van der Waals surface area contributed by atoms with E-state index in [1.807, 2.05) is 13.8 Å². The molecular weight excluding hydrogens is 371 g/mol. The molecular formula is C20H28F3N3O2. The quantitative estimate of drug-likeness (QED) is 0.566. The average Bonchev–Trinajstić information content (AvgIpc) is 2.67. The Morgan fingerprint density at radius 2 is 1.68 bits per heavy atom. The number of benzene rings is 1. The van der Waals surface area contributed by atoms with Gasteiger partial charge < -0.3 is 15.5 Å². The fourth-order valence-electron chi connectivity index (χ4n) is 3.65. The number of rotatable bonds is 7. The summed E-state index contributed by atoms with van der Waals surface area (Å²) in [5.41, 5.74) is 6.22. The molecule has 2 amide bonds. The molecule has 28 heavy (non-hydrogen) atoms. The maximum absolute atomic E-state index is 13.8. The average molecular weight is 399 g/mol. The Morgan fingerprint density at radius 1 is 1.11 bits per heavy atom. The van der Waals surface area contributed by atoms with Gasteiger partial charge in [-0.05, 0) is 50.7 Å². The van der Waals surface area contributed by atoms with E-state index < -0.39 is 23.5 Å². The summed E-state index contributed by atoms with van der Waals surface area (Å²) in [4.78, 5) is 27.7. The van der Waals surface area contributed by atoms with E-state index in [-0.39, 0.29) is 36.1 Å². The van der Waals surface area contributed by atoms with Crippen LogP contribution in [0.3, 0.4) is 0 Å². The van der Waals surface area contributed by atoms with E-state index in [0.717, 1.165) is 6.07 Å². The molecule has 1 aromatic carbocycles. The Bertz CT molecular complexity index is 702. The molecule has 1 aliphatic rings. The number of halogens is 3. The minimum absolute atomic E-state index is 0.0371. The van der Waals surface area contributed by atoms with Crippen LogP contribution in [0.4, 0.5) is 13.2 Å². The maximum Gasteiger partial charge on any atom is 0.232 e. The zero-order valence-electron chi connectivity index (χ0n) is 16.4. The molecule has 1 heterocycles. The van der Waals surface area contributed by atoms with E-state index >= 15 is 0 Å². The Labute approximate surface area is 163 Å². The van der Waals surface area contributed by atoms with Crippen LogP contribution in [0.5, 0.6) is 0 Å². The van der Waals surface area contributed by atoms with Crippen molar-refractivity contribution < 1.29 is 22.8 Å². The van der Waals surface area contributed by atoms with Crippen LogP contribution in [0.15, 0.2) is 12.1 Å². The van der Waals surface area contributed by atoms with E-state index in [4.69, 9.17) is 5.73 Å². The van der Waals surface area contributed by atoms with Crippen molar-refractivity contribution in [1.29, 1.82) is 0 Å². The first-order chi connectivity index (χ1) is 13.3. The highest BCUT2D eigenvalue weighted by molar-refractivity contribution is 5.96. The predicted octanol–water partition coefficient (Wildman–Crippen LogP) is 2.47.